The van der Waals surface area contributed by atoms with Crippen LogP contribution in [0.2, 0.25) is 0 Å². The van der Waals surface area contributed by atoms with E-state index in [1.54, 1.807) is 14.2 Å². The molecule has 2 amide bonds. The van der Waals surface area contributed by atoms with Crippen LogP contribution >= 0.6 is 0 Å². The van der Waals surface area contributed by atoms with E-state index in [-0.39, 0.29) is 6.03 Å². The minimum atomic E-state index is -0.190. The molecule has 1 aromatic heterocycles. The molecule has 0 atom stereocenters. The number of amides is 2. The largest absolute Gasteiger partial charge is 0.493 e. The van der Waals surface area contributed by atoms with Crippen LogP contribution in [0.4, 0.5) is 10.6 Å². The zero-order chi connectivity index (χ0) is 21.3. The van der Waals surface area contributed by atoms with Crippen LogP contribution in [0.3, 0.4) is 0 Å². The number of benzene rings is 1. The number of pyridine rings is 1. The molecule has 2 aromatic rings. The van der Waals surface area contributed by atoms with Crippen molar-refractivity contribution >= 4 is 11.8 Å². The van der Waals surface area contributed by atoms with E-state index < -0.39 is 0 Å². The zero-order valence-electron chi connectivity index (χ0n) is 18.1. The van der Waals surface area contributed by atoms with E-state index in [4.69, 9.17) is 9.47 Å². The van der Waals surface area contributed by atoms with Crippen molar-refractivity contribution in [2.45, 2.75) is 32.7 Å². The Hall–Kier alpha value is -2.96. The third kappa shape index (κ3) is 6.02. The van der Waals surface area contributed by atoms with E-state index in [0.29, 0.717) is 31.0 Å². The van der Waals surface area contributed by atoms with Gasteiger partial charge in [0.2, 0.25) is 0 Å². The second-order valence-corrected chi connectivity index (χ2v) is 7.74. The van der Waals surface area contributed by atoms with Crippen molar-refractivity contribution in [3.05, 3.63) is 47.7 Å². The summed E-state index contributed by atoms with van der Waals surface area (Å²) in [7, 11) is 3.22. The van der Waals surface area contributed by atoms with Gasteiger partial charge in [-0.15, -0.1) is 0 Å². The lowest BCUT2D eigenvalue weighted by Gasteiger charge is -2.31. The van der Waals surface area contributed by atoms with Gasteiger partial charge in [-0.3, -0.25) is 0 Å². The molecule has 1 fully saturated rings. The zero-order valence-corrected chi connectivity index (χ0v) is 18.1. The lowest BCUT2D eigenvalue weighted by molar-refractivity contribution is 0.240. The van der Waals surface area contributed by atoms with Gasteiger partial charge in [0.25, 0.3) is 0 Å². The molecule has 7 nitrogen and oxygen atoms in total. The first-order valence-corrected chi connectivity index (χ1v) is 10.5. The Labute approximate surface area is 178 Å². The van der Waals surface area contributed by atoms with Crippen LogP contribution in [0, 0.1) is 5.92 Å². The van der Waals surface area contributed by atoms with Crippen molar-refractivity contribution in [2.75, 3.05) is 38.8 Å². The number of carbonyl (C=O) groups excluding carboxylic acids is 1. The molecule has 0 aliphatic carbocycles. The summed E-state index contributed by atoms with van der Waals surface area (Å²) in [5.74, 6) is 3.20. The Morgan fingerprint density at radius 2 is 1.80 bits per heavy atom. The summed E-state index contributed by atoms with van der Waals surface area (Å²) < 4.78 is 10.6. The third-order valence-corrected chi connectivity index (χ3v) is 5.52. The average molecular weight is 413 g/mol. The Morgan fingerprint density at radius 1 is 1.07 bits per heavy atom. The summed E-state index contributed by atoms with van der Waals surface area (Å²) in [5, 5.41) is 5.77. The molecule has 2 N–H and O–H groups in total. The number of nitrogens with one attached hydrogen (secondary N) is 2. The number of nitrogens with zero attached hydrogens (tertiary/aromatic N) is 2. The summed E-state index contributed by atoms with van der Waals surface area (Å²) in [6.45, 7) is 5.42. The van der Waals surface area contributed by atoms with Gasteiger partial charge < -0.3 is 25.0 Å². The minimum absolute atomic E-state index is 0.190. The Bertz CT molecular complexity index is 818. The van der Waals surface area contributed by atoms with Gasteiger partial charge in [0, 0.05) is 32.4 Å². The first-order valence-electron chi connectivity index (χ1n) is 10.5. The van der Waals surface area contributed by atoms with Gasteiger partial charge in [-0.05, 0) is 54.5 Å². The van der Waals surface area contributed by atoms with E-state index in [0.717, 1.165) is 36.0 Å². The molecule has 7 heteroatoms. The topological polar surface area (TPSA) is 75.7 Å². The summed E-state index contributed by atoms with van der Waals surface area (Å²) in [5.41, 5.74) is 2.05. The fourth-order valence-corrected chi connectivity index (χ4v) is 3.55. The number of hydrogen-bond donors (Lipinski definition) is 2. The van der Waals surface area contributed by atoms with Crippen molar-refractivity contribution < 1.29 is 14.3 Å². The monoisotopic (exact) mass is 412 g/mol. The van der Waals surface area contributed by atoms with Gasteiger partial charge in [-0.1, -0.05) is 19.1 Å². The average Bonchev–Trinajstić information content (AvgIpc) is 2.78. The number of methoxy groups -OCH3 is 2. The summed E-state index contributed by atoms with van der Waals surface area (Å²) in [6.07, 6.45) is 4.98. The van der Waals surface area contributed by atoms with Crippen LogP contribution in [0.1, 0.15) is 30.9 Å². The van der Waals surface area contributed by atoms with Gasteiger partial charge in [-0.25, -0.2) is 9.78 Å². The molecule has 0 saturated carbocycles. The number of anilines is 1. The van der Waals surface area contributed by atoms with Gasteiger partial charge in [0.05, 0.1) is 14.2 Å². The quantitative estimate of drug-likeness (QED) is 0.695. The molecule has 162 valence electrons. The SMILES string of the molecule is COc1ccc(CCNC(=O)NCc2ccc(N3CCC(C)CC3)nc2)cc1OC. The normalized spacial score (nSPS) is 14.3. The van der Waals surface area contributed by atoms with Crippen molar-refractivity contribution in [3.8, 4) is 11.5 Å². The number of hydrogen-bond acceptors (Lipinski definition) is 5. The van der Waals surface area contributed by atoms with Crippen LogP contribution in [0.5, 0.6) is 11.5 Å². The summed E-state index contributed by atoms with van der Waals surface area (Å²) in [6, 6.07) is 9.65. The van der Waals surface area contributed by atoms with Crippen molar-refractivity contribution in [1.29, 1.82) is 0 Å². The molecular formula is C23H32N4O3. The van der Waals surface area contributed by atoms with E-state index in [1.165, 1.54) is 12.8 Å². The molecule has 0 unspecified atom stereocenters. The van der Waals surface area contributed by atoms with Crippen LogP contribution < -0.4 is 25.0 Å². The molecule has 2 heterocycles. The number of urea groups is 1. The highest BCUT2D eigenvalue weighted by atomic mass is 16.5. The molecule has 1 aromatic carbocycles. The fourth-order valence-electron chi connectivity index (χ4n) is 3.55. The van der Waals surface area contributed by atoms with E-state index >= 15 is 0 Å². The molecule has 0 spiro atoms. The molecule has 1 saturated heterocycles. The van der Waals surface area contributed by atoms with Gasteiger partial charge in [-0.2, -0.15) is 0 Å². The number of ether oxygens (including phenoxy) is 2. The van der Waals surface area contributed by atoms with Crippen LogP contribution in [0.15, 0.2) is 36.5 Å². The molecule has 30 heavy (non-hydrogen) atoms. The minimum Gasteiger partial charge on any atom is -0.493 e. The molecular weight excluding hydrogens is 380 g/mol. The van der Waals surface area contributed by atoms with Crippen LogP contribution in [-0.2, 0) is 13.0 Å². The van der Waals surface area contributed by atoms with Crippen LogP contribution in [-0.4, -0.2) is 44.9 Å². The number of piperidine rings is 1. The highest BCUT2D eigenvalue weighted by Gasteiger charge is 2.16. The van der Waals surface area contributed by atoms with Crippen molar-refractivity contribution in [2.24, 2.45) is 5.92 Å². The van der Waals surface area contributed by atoms with E-state index in [1.807, 2.05) is 36.5 Å². The lowest BCUT2D eigenvalue weighted by Crippen LogP contribution is -2.36. The second kappa shape index (κ2) is 10.7. The molecule has 0 radical (unpaired) electrons. The molecule has 0 bridgehead atoms. The number of aromatic nitrogens is 1. The Kier molecular flexibility index (Phi) is 7.76. The maximum atomic E-state index is 12.1. The van der Waals surface area contributed by atoms with Gasteiger partial charge in [0.15, 0.2) is 11.5 Å². The Balaban J connectivity index is 1.39. The fraction of sp³-hybridized carbons (Fsp3) is 0.478. The standard InChI is InChI=1S/C23H32N4O3/c1-17-9-12-27(13-10-17)22-7-5-19(15-25-22)16-26-23(28)24-11-8-18-4-6-20(29-2)21(14-18)30-3/h4-7,14-15,17H,8-13,16H2,1-3H3,(H2,24,26,28). The maximum Gasteiger partial charge on any atom is 0.315 e. The predicted octanol–water partition coefficient (Wildman–Crippen LogP) is 3.38. The molecule has 1 aliphatic rings. The van der Waals surface area contributed by atoms with Crippen molar-refractivity contribution in [1.82, 2.24) is 15.6 Å². The second-order valence-electron chi connectivity index (χ2n) is 7.74. The highest BCUT2D eigenvalue weighted by Crippen LogP contribution is 2.27. The highest BCUT2D eigenvalue weighted by molar-refractivity contribution is 5.73. The predicted molar refractivity (Wildman–Crippen MR) is 118 cm³/mol. The van der Waals surface area contributed by atoms with Gasteiger partial charge in [0.1, 0.15) is 5.82 Å². The number of rotatable bonds is 8. The third-order valence-electron chi connectivity index (χ3n) is 5.52. The first-order chi connectivity index (χ1) is 14.6. The van der Waals surface area contributed by atoms with E-state index in [9.17, 15) is 4.79 Å². The lowest BCUT2D eigenvalue weighted by atomic mass is 9.99. The number of carbonyl (C=O) groups is 1. The first kappa shape index (κ1) is 21.7. The van der Waals surface area contributed by atoms with Crippen LogP contribution in [0.25, 0.3) is 0 Å². The smallest absolute Gasteiger partial charge is 0.315 e. The molecule has 3 rings (SSSR count). The summed E-state index contributed by atoms with van der Waals surface area (Å²) in [4.78, 5) is 19.0. The Morgan fingerprint density at radius 3 is 2.47 bits per heavy atom. The molecule has 1 aliphatic heterocycles. The van der Waals surface area contributed by atoms with Crippen molar-refractivity contribution in [3.63, 3.8) is 0 Å². The summed E-state index contributed by atoms with van der Waals surface area (Å²) >= 11 is 0. The van der Waals surface area contributed by atoms with E-state index in [2.05, 4.69) is 27.4 Å². The van der Waals surface area contributed by atoms with Gasteiger partial charge >= 0.3 is 6.03 Å². The maximum absolute atomic E-state index is 12.1.